The van der Waals surface area contributed by atoms with Gasteiger partial charge in [0.2, 0.25) is 0 Å². The van der Waals surface area contributed by atoms with Crippen LogP contribution in [0.3, 0.4) is 0 Å². The van der Waals surface area contributed by atoms with Crippen LogP contribution in [-0.2, 0) is 5.41 Å². The molecule has 8 aromatic rings. The van der Waals surface area contributed by atoms with E-state index >= 15 is 0 Å². The fraction of sp³-hybridized carbons (Fsp3) is 0.208. The number of nitriles is 1. The fourth-order valence-corrected chi connectivity index (χ4v) is 10.6. The van der Waals surface area contributed by atoms with Crippen molar-refractivity contribution in [1.82, 2.24) is 15.0 Å². The third-order valence-electron chi connectivity index (χ3n) is 12.6. The van der Waals surface area contributed by atoms with Gasteiger partial charge in [-0.15, -0.1) is 0 Å². The van der Waals surface area contributed by atoms with E-state index in [1.165, 1.54) is 49.7 Å². The van der Waals surface area contributed by atoms with Crippen LogP contribution in [0.25, 0.3) is 78.0 Å². The number of fused-ring (bicyclic) bond motifs is 4. The number of aromatic nitrogens is 3. The van der Waals surface area contributed by atoms with Crippen molar-refractivity contribution < 1.29 is 4.42 Å². The molecule has 6 aromatic carbocycles. The van der Waals surface area contributed by atoms with E-state index in [0.717, 1.165) is 72.7 Å². The summed E-state index contributed by atoms with van der Waals surface area (Å²) < 4.78 is 6.25. The van der Waals surface area contributed by atoms with Gasteiger partial charge in [-0.25, -0.2) is 15.0 Å². The Hall–Kier alpha value is -6.12. The molecular weight excluding hydrogens is 649 g/mol. The first-order valence-electron chi connectivity index (χ1n) is 18.9. The molecule has 4 aliphatic rings. The summed E-state index contributed by atoms with van der Waals surface area (Å²) in [7, 11) is 0. The van der Waals surface area contributed by atoms with E-state index in [-0.39, 0.29) is 0 Å². The van der Waals surface area contributed by atoms with Crippen LogP contribution in [0.2, 0.25) is 0 Å². The van der Waals surface area contributed by atoms with Gasteiger partial charge in [-0.1, -0.05) is 97.1 Å². The van der Waals surface area contributed by atoms with Gasteiger partial charge in [0.05, 0.1) is 11.6 Å². The summed E-state index contributed by atoms with van der Waals surface area (Å²) in [5.74, 6) is 4.46. The van der Waals surface area contributed by atoms with Crippen LogP contribution in [-0.4, -0.2) is 15.0 Å². The van der Waals surface area contributed by atoms with Crippen molar-refractivity contribution in [2.75, 3.05) is 0 Å². The first kappa shape index (κ1) is 30.5. The second-order valence-corrected chi connectivity index (χ2v) is 15.8. The van der Waals surface area contributed by atoms with Gasteiger partial charge in [-0.05, 0) is 114 Å². The Morgan fingerprint density at radius 3 is 1.94 bits per heavy atom. The standard InChI is InChI=1S/C48H36N4O/c49-28-35-16-20-38(41-24-34(15-19-37(35)41)32-13-17-36(18-14-32)48-25-29-21-30(26-48)23-31(22-29)27-48)46-50-45(33-7-2-1-3-8-33)51-47(52-46)40-10-6-12-43-44(40)39-9-4-5-11-42(39)53-43/h1-20,24,29-31H,21-23,25-27H2. The summed E-state index contributed by atoms with van der Waals surface area (Å²) in [6.07, 6.45) is 8.43. The Labute approximate surface area is 308 Å². The molecule has 4 aliphatic carbocycles. The predicted molar refractivity (Wildman–Crippen MR) is 211 cm³/mol. The second-order valence-electron chi connectivity index (χ2n) is 15.8. The number of para-hydroxylation sites is 1. The Kier molecular flexibility index (Phi) is 6.73. The molecule has 0 radical (unpaired) electrons. The maximum Gasteiger partial charge on any atom is 0.164 e. The highest BCUT2D eigenvalue weighted by atomic mass is 16.3. The van der Waals surface area contributed by atoms with Gasteiger partial charge in [0.15, 0.2) is 17.5 Å². The third kappa shape index (κ3) is 4.93. The van der Waals surface area contributed by atoms with E-state index in [0.29, 0.717) is 28.5 Å². The summed E-state index contributed by atoms with van der Waals surface area (Å²) in [5, 5.41) is 14.0. The number of benzene rings is 6. The lowest BCUT2D eigenvalue weighted by Gasteiger charge is -2.57. The van der Waals surface area contributed by atoms with Gasteiger partial charge in [0.1, 0.15) is 11.2 Å². The van der Waals surface area contributed by atoms with E-state index in [1.807, 2.05) is 72.8 Å². The fourth-order valence-electron chi connectivity index (χ4n) is 10.6. The highest BCUT2D eigenvalue weighted by Crippen LogP contribution is 2.60. The van der Waals surface area contributed by atoms with Gasteiger partial charge in [0.25, 0.3) is 0 Å². The highest BCUT2D eigenvalue weighted by molar-refractivity contribution is 6.12. The number of rotatable bonds is 5. The summed E-state index contributed by atoms with van der Waals surface area (Å²) in [4.78, 5) is 15.4. The first-order valence-corrected chi connectivity index (χ1v) is 18.9. The van der Waals surface area contributed by atoms with Crippen molar-refractivity contribution >= 4 is 32.7 Å². The van der Waals surface area contributed by atoms with Crippen LogP contribution in [0.4, 0.5) is 0 Å². The Morgan fingerprint density at radius 1 is 0.528 bits per heavy atom. The molecule has 4 saturated carbocycles. The maximum atomic E-state index is 10.2. The molecule has 12 rings (SSSR count). The zero-order valence-electron chi connectivity index (χ0n) is 29.3. The molecule has 0 unspecified atom stereocenters. The van der Waals surface area contributed by atoms with Gasteiger partial charge in [-0.3, -0.25) is 0 Å². The predicted octanol–water partition coefficient (Wildman–Crippen LogP) is 11.9. The molecule has 0 amide bonds. The Bertz CT molecular complexity index is 2740. The molecule has 0 atom stereocenters. The molecule has 4 fully saturated rings. The molecule has 53 heavy (non-hydrogen) atoms. The lowest BCUT2D eigenvalue weighted by Crippen LogP contribution is -2.48. The largest absolute Gasteiger partial charge is 0.456 e. The molecule has 0 spiro atoms. The van der Waals surface area contributed by atoms with E-state index in [1.54, 1.807) is 0 Å². The smallest absolute Gasteiger partial charge is 0.164 e. The van der Waals surface area contributed by atoms with E-state index in [4.69, 9.17) is 19.4 Å². The minimum Gasteiger partial charge on any atom is -0.456 e. The van der Waals surface area contributed by atoms with Crippen molar-refractivity contribution in [1.29, 1.82) is 5.26 Å². The highest BCUT2D eigenvalue weighted by Gasteiger charge is 2.51. The van der Waals surface area contributed by atoms with Crippen molar-refractivity contribution in [3.8, 4) is 51.4 Å². The molecule has 2 aromatic heterocycles. The molecule has 0 N–H and O–H groups in total. The number of hydrogen-bond acceptors (Lipinski definition) is 5. The van der Waals surface area contributed by atoms with E-state index in [2.05, 4.69) is 60.7 Å². The van der Waals surface area contributed by atoms with Gasteiger partial charge >= 0.3 is 0 Å². The van der Waals surface area contributed by atoms with Crippen LogP contribution < -0.4 is 0 Å². The average molecular weight is 685 g/mol. The molecular formula is C48H36N4O. The lowest BCUT2D eigenvalue weighted by atomic mass is 9.48. The maximum absolute atomic E-state index is 10.2. The van der Waals surface area contributed by atoms with Crippen molar-refractivity contribution in [3.05, 3.63) is 139 Å². The molecule has 5 heteroatoms. The SMILES string of the molecule is N#Cc1ccc(-c2nc(-c3ccccc3)nc(-c3cccc4oc5ccccc5c34)n2)c2cc(-c3ccc(C45CC6CC(CC(C6)C4)C5)cc3)ccc12. The average Bonchev–Trinajstić information content (AvgIpc) is 3.59. The quantitative estimate of drug-likeness (QED) is 0.180. The van der Waals surface area contributed by atoms with Gasteiger partial charge in [-0.2, -0.15) is 5.26 Å². The third-order valence-corrected chi connectivity index (χ3v) is 12.6. The van der Waals surface area contributed by atoms with Crippen LogP contribution in [0.5, 0.6) is 0 Å². The monoisotopic (exact) mass is 684 g/mol. The minimum absolute atomic E-state index is 0.367. The van der Waals surface area contributed by atoms with Gasteiger partial charge < -0.3 is 4.42 Å². The van der Waals surface area contributed by atoms with Crippen LogP contribution in [0.1, 0.15) is 49.7 Å². The van der Waals surface area contributed by atoms with E-state index < -0.39 is 0 Å². The molecule has 0 saturated heterocycles. The molecule has 0 aliphatic heterocycles. The van der Waals surface area contributed by atoms with Crippen molar-refractivity contribution in [2.24, 2.45) is 17.8 Å². The number of hydrogen-bond donors (Lipinski definition) is 0. The first-order chi connectivity index (χ1) is 26.1. The normalized spacial score (nSPS) is 21.8. The molecule has 5 nitrogen and oxygen atoms in total. The Morgan fingerprint density at radius 2 is 1.19 bits per heavy atom. The Balaban J connectivity index is 1.06. The topological polar surface area (TPSA) is 75.6 Å². The number of nitrogens with zero attached hydrogens (tertiary/aromatic N) is 4. The summed E-state index contributed by atoms with van der Waals surface area (Å²) in [6.45, 7) is 0. The van der Waals surface area contributed by atoms with E-state index in [9.17, 15) is 5.26 Å². The van der Waals surface area contributed by atoms with Crippen LogP contribution in [0.15, 0.2) is 132 Å². The minimum atomic E-state index is 0.367. The summed E-state index contributed by atoms with van der Waals surface area (Å²) in [6, 6.07) is 46.3. The van der Waals surface area contributed by atoms with Crippen molar-refractivity contribution in [3.63, 3.8) is 0 Å². The zero-order chi connectivity index (χ0) is 35.1. The molecule has 4 bridgehead atoms. The van der Waals surface area contributed by atoms with Crippen molar-refractivity contribution in [2.45, 2.75) is 43.9 Å². The second kappa shape index (κ2) is 11.7. The van der Waals surface area contributed by atoms with Gasteiger partial charge in [0, 0.05) is 32.8 Å². The zero-order valence-corrected chi connectivity index (χ0v) is 29.3. The van der Waals surface area contributed by atoms with Crippen LogP contribution >= 0.6 is 0 Å². The van der Waals surface area contributed by atoms with Crippen LogP contribution in [0, 0.1) is 29.1 Å². The summed E-state index contributed by atoms with van der Waals surface area (Å²) >= 11 is 0. The number of furan rings is 1. The molecule has 254 valence electrons. The summed E-state index contributed by atoms with van der Waals surface area (Å²) in [5.41, 5.74) is 9.05. The lowest BCUT2D eigenvalue weighted by molar-refractivity contribution is -0.00518. The molecule has 2 heterocycles.